The number of aryl methyl sites for hydroxylation is 3. The van der Waals surface area contributed by atoms with Crippen LogP contribution in [0.25, 0.3) is 23.6 Å². The Balaban J connectivity index is 0.000000142. The highest BCUT2D eigenvalue weighted by molar-refractivity contribution is 7.95. The van der Waals surface area contributed by atoms with Crippen LogP contribution in [-0.2, 0) is 50.1 Å². The minimum absolute atomic E-state index is 0.0928. The van der Waals surface area contributed by atoms with Gasteiger partial charge in [-0.25, -0.2) is 64.9 Å². The van der Waals surface area contributed by atoms with Crippen molar-refractivity contribution in [3.63, 3.8) is 0 Å². The number of aromatic nitrogens is 5. The molecule has 5 unspecified atom stereocenters. The van der Waals surface area contributed by atoms with Crippen molar-refractivity contribution in [2.24, 2.45) is 0 Å². The molecular weight excluding hydrogens is 1660 g/mol. The predicted molar refractivity (Wildman–Crippen MR) is 485 cm³/mol. The minimum Gasteiger partial charge on any atom is -0.541 e. The molecule has 8 heterocycles. The normalized spacial score (nSPS) is 23.8. The van der Waals surface area contributed by atoms with Crippen LogP contribution in [0.3, 0.4) is 0 Å². The van der Waals surface area contributed by atoms with Crippen molar-refractivity contribution >= 4 is 78.6 Å². The van der Waals surface area contributed by atoms with Gasteiger partial charge in [0, 0.05) is 97.8 Å². The van der Waals surface area contributed by atoms with E-state index in [-0.39, 0.29) is 65.3 Å². The molecule has 5 N–H and O–H groups in total. The van der Waals surface area contributed by atoms with E-state index in [1.807, 2.05) is 69.6 Å². The summed E-state index contributed by atoms with van der Waals surface area (Å²) >= 11 is 0. The van der Waals surface area contributed by atoms with Gasteiger partial charge in [-0.3, -0.25) is 0 Å². The molecule has 30 heteroatoms. The number of hydrogen-bond acceptors (Lipinski definition) is 10. The molecule has 8 aromatic rings. The summed E-state index contributed by atoms with van der Waals surface area (Å²) in [7, 11) is -9.10. The first-order chi connectivity index (χ1) is 59.3. The standard InChI is InChI=1S/2C22H29N3O2S.C20H27N3O2S.C16H25N3O2S.C14H23N3O2S/c2*1-18-8-10-20(11-9-18)28(26,27)23-21-6-2-3-7-22(21)25-16-12-19(13-17-25)24-14-4-5-15-24;1-16-8-10-18(11-9-16)26(24,25)21-19-6-4-5-7-20(19)23-14-12-17(13-15-23)22(2)3;1-22(20,21)17-15-6-2-3-7-16(15)19-12-8-14(9-13-19)18-10-4-5-11-18;1-16(2)12-8-10-17(11-9-12)14-7-5-4-6-13(14)15-20(3,18)19/h2*8-13,16-17,21-22H,2-7,14-15H2,1H3;8-15,19-20H,4-7H2,1-3H3;8-9,12-13,15-16H,2-7,10-11H2,1H3;8-11,13-14H,4-7H2,1-3H3/p+5/t2*21-,22?;19-,20?;15-,16?;13-,14?/m11111/s1. The number of sulfonamides is 5. The monoisotopic (exact) mass is 1800 g/mol. The van der Waals surface area contributed by atoms with Gasteiger partial charge in [-0.05, 0) is 89.3 Å². The third-order valence-corrected chi connectivity index (χ3v) is 31.6. The first-order valence-electron chi connectivity index (χ1n) is 45.5. The van der Waals surface area contributed by atoms with Crippen LogP contribution in [0.4, 0.5) is 28.4 Å². The first kappa shape index (κ1) is 95.9. The molecule has 8 fully saturated rings. The molecule has 124 heavy (non-hydrogen) atoms. The SMILES string of the molecule is CS(=O)(=O)[N-][C@@H]1CCCCC1[n+]1ccc([NH+]2CCCC2)cc1.C[NH+](C)c1cc[n+](C2CCCC[C@H]2[N-]S(C)(=O)=O)cc1.Cc1ccc(S(=O)(=O)[N-][C@@H]2CCCCC2[n+]2ccc([NH+](C)C)cc2)cc1.Cc1ccc(S(=O)(=O)[N-][C@@H]2CCCCC2[n+]2ccc([NH+]3CCCC3)cc2)cc1.Cc1ccc(S(=O)(=O)[N-][C@@H]2CCCCC2[n+]2ccc([NH+]3CCCC3)cc2)cc1. The van der Waals surface area contributed by atoms with Gasteiger partial charge in [0.15, 0.2) is 62.0 Å². The molecule has 10 atom stereocenters. The molecule has 674 valence electrons. The van der Waals surface area contributed by atoms with Crippen molar-refractivity contribution < 1.29 is 89.4 Å². The second kappa shape index (κ2) is 44.7. The Bertz CT molecular complexity index is 5110. The van der Waals surface area contributed by atoms with Crippen molar-refractivity contribution in [1.82, 2.24) is 0 Å². The average Bonchev–Trinajstić information content (AvgIpc) is 2.01. The molecule has 0 bridgehead atoms. The van der Waals surface area contributed by atoms with Crippen LogP contribution in [0.1, 0.15) is 214 Å². The number of pyridine rings is 5. The Morgan fingerprint density at radius 1 is 0.258 bits per heavy atom. The van der Waals surface area contributed by atoms with Crippen molar-refractivity contribution in [2.45, 2.75) is 263 Å². The third kappa shape index (κ3) is 27.6. The minimum atomic E-state index is -3.63. The lowest BCUT2D eigenvalue weighted by atomic mass is 9.91. The fraction of sp³-hybridized carbons (Fsp3) is 0.543. The van der Waals surface area contributed by atoms with E-state index >= 15 is 0 Å². The Labute approximate surface area is 741 Å². The Morgan fingerprint density at radius 3 is 0.637 bits per heavy atom. The van der Waals surface area contributed by atoms with E-state index in [4.69, 9.17) is 0 Å². The van der Waals surface area contributed by atoms with Gasteiger partial charge < -0.3 is 48.1 Å². The summed E-state index contributed by atoms with van der Waals surface area (Å²) in [5.74, 6) is 0. The van der Waals surface area contributed by atoms with Gasteiger partial charge >= 0.3 is 0 Å². The number of benzene rings is 3. The van der Waals surface area contributed by atoms with Crippen LogP contribution < -0.4 is 47.3 Å². The molecule has 16 rings (SSSR count). The summed E-state index contributed by atoms with van der Waals surface area (Å²) in [6, 6.07) is 42.2. The smallest absolute Gasteiger partial charge is 0.174 e. The number of nitrogens with zero attached hydrogens (tertiary/aromatic N) is 10. The number of nitrogens with one attached hydrogen (secondary N) is 5. The Kier molecular flexibility index (Phi) is 34.5. The molecule has 25 nitrogen and oxygen atoms in total. The Morgan fingerprint density at radius 2 is 0.444 bits per heavy atom. The van der Waals surface area contributed by atoms with Gasteiger partial charge in [0.25, 0.3) is 0 Å². The molecule has 3 saturated heterocycles. The summed E-state index contributed by atoms with van der Waals surface area (Å²) in [4.78, 5) is 8.08. The molecular formula is C94H138N15O10S5+5. The maximum absolute atomic E-state index is 12.8. The zero-order valence-corrected chi connectivity index (χ0v) is 78.6. The Hall–Kier alpha value is -7.24. The lowest BCUT2D eigenvalue weighted by Gasteiger charge is -2.37. The number of quaternary nitrogens is 5. The fourth-order valence-corrected chi connectivity index (χ4v) is 24.2. The van der Waals surface area contributed by atoms with E-state index in [0.717, 1.165) is 145 Å². The molecule has 0 spiro atoms. The van der Waals surface area contributed by atoms with Crippen molar-refractivity contribution in [1.29, 1.82) is 0 Å². The molecule has 0 radical (unpaired) electrons. The van der Waals surface area contributed by atoms with Crippen LogP contribution in [0, 0.1) is 20.8 Å². The molecule has 8 aliphatic rings. The highest BCUT2D eigenvalue weighted by Crippen LogP contribution is 2.39. The summed E-state index contributed by atoms with van der Waals surface area (Å²) in [6.45, 7) is 13.1. The van der Waals surface area contributed by atoms with Crippen molar-refractivity contribution in [3.8, 4) is 0 Å². The van der Waals surface area contributed by atoms with Crippen LogP contribution in [-0.4, -0.2) is 152 Å². The van der Waals surface area contributed by atoms with Gasteiger partial charge in [-0.1, -0.05) is 148 Å². The molecule has 3 aliphatic heterocycles. The number of hydrogen-bond donors (Lipinski definition) is 5. The largest absolute Gasteiger partial charge is 0.541 e. The second-order valence-electron chi connectivity index (χ2n) is 36.1. The lowest BCUT2D eigenvalue weighted by molar-refractivity contribution is -0.819. The summed E-state index contributed by atoms with van der Waals surface area (Å²) in [5.41, 5.74) is 9.58. The van der Waals surface area contributed by atoms with Crippen LogP contribution in [0.5, 0.6) is 0 Å². The first-order valence-corrected chi connectivity index (χ1v) is 53.5. The number of rotatable bonds is 23. The van der Waals surface area contributed by atoms with E-state index in [9.17, 15) is 42.1 Å². The van der Waals surface area contributed by atoms with E-state index in [1.54, 1.807) is 51.1 Å². The predicted octanol–water partition coefficient (Wildman–Crippen LogP) is 9.65. The van der Waals surface area contributed by atoms with E-state index in [1.165, 1.54) is 129 Å². The van der Waals surface area contributed by atoms with Crippen molar-refractivity contribution in [3.05, 3.63) is 236 Å². The quantitative estimate of drug-likeness (QED) is 0.0378. The average molecular weight is 1800 g/mol. The summed E-state index contributed by atoms with van der Waals surface area (Å²) < 4.78 is 155. The van der Waals surface area contributed by atoms with Gasteiger partial charge in [0.2, 0.25) is 0 Å². The van der Waals surface area contributed by atoms with E-state index in [2.05, 4.69) is 185 Å². The highest BCUT2D eigenvalue weighted by atomic mass is 32.2. The highest BCUT2D eigenvalue weighted by Gasteiger charge is 2.35. The van der Waals surface area contributed by atoms with Crippen LogP contribution in [0.2, 0.25) is 0 Å². The van der Waals surface area contributed by atoms with Gasteiger partial charge in [0.05, 0.1) is 148 Å². The zero-order chi connectivity index (χ0) is 88.2. The van der Waals surface area contributed by atoms with Crippen LogP contribution >= 0.6 is 0 Å². The van der Waals surface area contributed by atoms with E-state index in [0.29, 0.717) is 9.79 Å². The molecule has 5 aliphatic carbocycles. The lowest BCUT2D eigenvalue weighted by Crippen LogP contribution is -3.05. The maximum Gasteiger partial charge on any atom is 0.174 e. The van der Waals surface area contributed by atoms with Crippen molar-refractivity contribution in [2.75, 3.05) is 80.0 Å². The zero-order valence-electron chi connectivity index (χ0n) is 74.5. The van der Waals surface area contributed by atoms with E-state index < -0.39 is 50.1 Å². The fourth-order valence-electron chi connectivity index (χ4n) is 19.1. The summed E-state index contributed by atoms with van der Waals surface area (Å²) in [5, 5.41) is 0. The molecule has 3 aromatic carbocycles. The second-order valence-corrected chi connectivity index (χ2v) is 44.3. The maximum atomic E-state index is 12.8. The van der Waals surface area contributed by atoms with Gasteiger partial charge in [-0.15, -0.1) is 0 Å². The van der Waals surface area contributed by atoms with Gasteiger partial charge in [-0.2, -0.15) is 0 Å². The third-order valence-electron chi connectivity index (χ3n) is 26.1. The molecule has 5 saturated carbocycles. The topological polar surface area (TPSA) is 283 Å². The molecule has 0 amide bonds. The van der Waals surface area contributed by atoms with Gasteiger partial charge in [0.1, 0.15) is 88.7 Å². The van der Waals surface area contributed by atoms with Crippen LogP contribution in [0.15, 0.2) is 210 Å². The molecule has 5 aromatic heterocycles. The summed E-state index contributed by atoms with van der Waals surface area (Å²) in [6.07, 6.45) is 51.0.